The van der Waals surface area contributed by atoms with Crippen molar-refractivity contribution in [2.45, 2.75) is 26.2 Å². The van der Waals surface area contributed by atoms with Crippen LogP contribution in [-0.2, 0) is 6.42 Å². The van der Waals surface area contributed by atoms with Crippen LogP contribution in [0.5, 0.6) is 0 Å². The maximum atomic E-state index is 4.24. The van der Waals surface area contributed by atoms with Crippen molar-refractivity contribution in [1.82, 2.24) is 15.6 Å². The van der Waals surface area contributed by atoms with Crippen molar-refractivity contribution >= 4 is 41.7 Å². The van der Waals surface area contributed by atoms with Gasteiger partial charge in [-0.1, -0.05) is 0 Å². The third-order valence-corrected chi connectivity index (χ3v) is 3.81. The Morgan fingerprint density at radius 2 is 2.05 bits per heavy atom. The van der Waals surface area contributed by atoms with Gasteiger partial charge in [-0.2, -0.15) is 11.8 Å². The summed E-state index contributed by atoms with van der Waals surface area (Å²) in [4.78, 5) is 8.35. The molecule has 0 fully saturated rings. The smallest absolute Gasteiger partial charge is 0.190 e. The minimum Gasteiger partial charge on any atom is -0.356 e. The van der Waals surface area contributed by atoms with Crippen LogP contribution in [0.3, 0.4) is 0 Å². The molecule has 4 nitrogen and oxygen atoms in total. The SMILES string of the molecule is CN=C(NCCCCSC)NCCc1ccncc1C.I. The number of aryl methyl sites for hydroxylation is 1. The zero-order chi connectivity index (χ0) is 14.6. The Balaban J connectivity index is 0.00000400. The third kappa shape index (κ3) is 9.18. The molecule has 1 aromatic rings. The standard InChI is InChI=1S/C15H26N4S.HI/c1-13-12-17-9-6-14(13)7-10-19-15(16-2)18-8-4-5-11-20-3;/h6,9,12H,4-5,7-8,10-11H2,1-3H3,(H2,16,18,19);1H. The maximum Gasteiger partial charge on any atom is 0.190 e. The van der Waals surface area contributed by atoms with Crippen LogP contribution in [0.2, 0.25) is 0 Å². The van der Waals surface area contributed by atoms with Crippen LogP contribution in [0.4, 0.5) is 0 Å². The summed E-state index contributed by atoms with van der Waals surface area (Å²) in [6.45, 7) is 3.96. The predicted molar refractivity (Wildman–Crippen MR) is 105 cm³/mol. The monoisotopic (exact) mass is 422 g/mol. The van der Waals surface area contributed by atoms with Crippen LogP contribution in [0.15, 0.2) is 23.5 Å². The number of halogens is 1. The van der Waals surface area contributed by atoms with Gasteiger partial charge in [0.25, 0.3) is 0 Å². The molecule has 21 heavy (non-hydrogen) atoms. The van der Waals surface area contributed by atoms with E-state index >= 15 is 0 Å². The number of unbranched alkanes of at least 4 members (excludes halogenated alkanes) is 1. The van der Waals surface area contributed by atoms with Crippen molar-refractivity contribution in [2.24, 2.45) is 4.99 Å². The zero-order valence-electron chi connectivity index (χ0n) is 13.2. The molecule has 0 aromatic carbocycles. The van der Waals surface area contributed by atoms with Gasteiger partial charge in [0.1, 0.15) is 0 Å². The summed E-state index contributed by atoms with van der Waals surface area (Å²) in [5.41, 5.74) is 2.58. The second kappa shape index (κ2) is 13.2. The number of nitrogens with zero attached hydrogens (tertiary/aromatic N) is 2. The second-order valence-corrected chi connectivity index (χ2v) is 5.66. The average Bonchev–Trinajstić information content (AvgIpc) is 2.47. The molecular weight excluding hydrogens is 395 g/mol. The van der Waals surface area contributed by atoms with E-state index in [4.69, 9.17) is 0 Å². The minimum absolute atomic E-state index is 0. The van der Waals surface area contributed by atoms with Gasteiger partial charge in [-0.25, -0.2) is 0 Å². The maximum absolute atomic E-state index is 4.24. The molecule has 0 spiro atoms. The van der Waals surface area contributed by atoms with E-state index in [1.165, 1.54) is 29.7 Å². The summed E-state index contributed by atoms with van der Waals surface area (Å²) in [6, 6.07) is 2.08. The van der Waals surface area contributed by atoms with Crippen LogP contribution in [0, 0.1) is 6.92 Å². The number of guanidine groups is 1. The molecule has 0 amide bonds. The molecule has 0 unspecified atom stereocenters. The van der Waals surface area contributed by atoms with Crippen molar-refractivity contribution in [3.63, 3.8) is 0 Å². The van der Waals surface area contributed by atoms with Crippen LogP contribution >= 0.6 is 35.7 Å². The molecule has 0 aliphatic carbocycles. The first-order valence-electron chi connectivity index (χ1n) is 7.11. The third-order valence-electron chi connectivity index (χ3n) is 3.11. The summed E-state index contributed by atoms with van der Waals surface area (Å²) >= 11 is 1.90. The summed E-state index contributed by atoms with van der Waals surface area (Å²) in [5, 5.41) is 6.70. The summed E-state index contributed by atoms with van der Waals surface area (Å²) in [5.74, 6) is 2.12. The Morgan fingerprint density at radius 3 is 2.71 bits per heavy atom. The largest absolute Gasteiger partial charge is 0.356 e. The lowest BCUT2D eigenvalue weighted by Gasteiger charge is -2.12. The molecule has 0 aliphatic rings. The minimum atomic E-state index is 0. The Bertz CT molecular complexity index is 412. The molecule has 0 saturated carbocycles. The van der Waals surface area contributed by atoms with Gasteiger partial charge in [0.05, 0.1) is 0 Å². The first-order valence-corrected chi connectivity index (χ1v) is 8.50. The highest BCUT2D eigenvalue weighted by atomic mass is 127. The number of aliphatic imine (C=N–C) groups is 1. The van der Waals surface area contributed by atoms with Gasteiger partial charge >= 0.3 is 0 Å². The molecule has 1 aromatic heterocycles. The van der Waals surface area contributed by atoms with Crippen molar-refractivity contribution in [2.75, 3.05) is 32.1 Å². The Kier molecular flexibility index (Phi) is 12.9. The molecular formula is C15H27IN4S. The van der Waals surface area contributed by atoms with Crippen LogP contribution in [-0.4, -0.2) is 43.1 Å². The van der Waals surface area contributed by atoms with E-state index in [2.05, 4.69) is 39.9 Å². The van der Waals surface area contributed by atoms with Gasteiger partial charge in [0, 0.05) is 32.5 Å². The number of hydrogen-bond acceptors (Lipinski definition) is 3. The fourth-order valence-electron chi connectivity index (χ4n) is 1.90. The molecule has 1 rings (SSSR count). The lowest BCUT2D eigenvalue weighted by Crippen LogP contribution is -2.38. The molecule has 1 heterocycles. The van der Waals surface area contributed by atoms with E-state index in [0.717, 1.165) is 25.5 Å². The first kappa shape index (κ1) is 20.5. The molecule has 0 aliphatic heterocycles. The van der Waals surface area contributed by atoms with E-state index in [1.807, 2.05) is 31.2 Å². The number of nitrogens with one attached hydrogen (secondary N) is 2. The van der Waals surface area contributed by atoms with Crippen molar-refractivity contribution in [3.8, 4) is 0 Å². The second-order valence-electron chi connectivity index (χ2n) is 4.68. The summed E-state index contributed by atoms with van der Waals surface area (Å²) in [7, 11) is 1.81. The number of thioether (sulfide) groups is 1. The zero-order valence-corrected chi connectivity index (χ0v) is 16.3. The number of rotatable bonds is 8. The Morgan fingerprint density at radius 1 is 1.29 bits per heavy atom. The molecule has 2 N–H and O–H groups in total. The molecule has 0 saturated heterocycles. The number of pyridine rings is 1. The highest BCUT2D eigenvalue weighted by Crippen LogP contribution is 2.04. The van der Waals surface area contributed by atoms with E-state index in [1.54, 1.807) is 0 Å². The van der Waals surface area contributed by atoms with Gasteiger partial charge in [-0.05, 0) is 55.4 Å². The molecule has 0 radical (unpaired) electrons. The average molecular weight is 422 g/mol. The highest BCUT2D eigenvalue weighted by molar-refractivity contribution is 14.0. The lowest BCUT2D eigenvalue weighted by molar-refractivity contribution is 0.730. The van der Waals surface area contributed by atoms with Crippen LogP contribution < -0.4 is 10.6 Å². The molecule has 0 bridgehead atoms. The molecule has 120 valence electrons. The number of hydrogen-bond donors (Lipinski definition) is 2. The summed E-state index contributed by atoms with van der Waals surface area (Å²) in [6.07, 6.45) is 9.33. The molecule has 0 atom stereocenters. The van der Waals surface area contributed by atoms with Crippen LogP contribution in [0.1, 0.15) is 24.0 Å². The Hall–Kier alpha value is -0.500. The quantitative estimate of drug-likeness (QED) is 0.293. The van der Waals surface area contributed by atoms with Gasteiger partial charge in [-0.3, -0.25) is 9.98 Å². The van der Waals surface area contributed by atoms with Crippen molar-refractivity contribution in [1.29, 1.82) is 0 Å². The van der Waals surface area contributed by atoms with Gasteiger partial charge < -0.3 is 10.6 Å². The predicted octanol–water partition coefficient (Wildman–Crippen LogP) is 2.86. The highest BCUT2D eigenvalue weighted by Gasteiger charge is 1.99. The van der Waals surface area contributed by atoms with Crippen molar-refractivity contribution < 1.29 is 0 Å². The number of aromatic nitrogens is 1. The Labute approximate surface area is 150 Å². The van der Waals surface area contributed by atoms with E-state index in [9.17, 15) is 0 Å². The van der Waals surface area contributed by atoms with E-state index < -0.39 is 0 Å². The van der Waals surface area contributed by atoms with Gasteiger partial charge in [-0.15, -0.1) is 24.0 Å². The normalized spacial score (nSPS) is 10.9. The fourth-order valence-corrected chi connectivity index (χ4v) is 2.39. The van der Waals surface area contributed by atoms with E-state index in [-0.39, 0.29) is 24.0 Å². The van der Waals surface area contributed by atoms with Gasteiger partial charge in [0.15, 0.2) is 5.96 Å². The first-order chi connectivity index (χ1) is 9.77. The van der Waals surface area contributed by atoms with Crippen LogP contribution in [0.25, 0.3) is 0 Å². The van der Waals surface area contributed by atoms with E-state index in [0.29, 0.717) is 0 Å². The van der Waals surface area contributed by atoms with Gasteiger partial charge in [0.2, 0.25) is 0 Å². The fraction of sp³-hybridized carbons (Fsp3) is 0.600. The summed E-state index contributed by atoms with van der Waals surface area (Å²) < 4.78 is 0. The topological polar surface area (TPSA) is 49.3 Å². The van der Waals surface area contributed by atoms with Crippen molar-refractivity contribution in [3.05, 3.63) is 29.6 Å². The molecule has 6 heteroatoms. The lowest BCUT2D eigenvalue weighted by atomic mass is 10.1.